The van der Waals surface area contributed by atoms with E-state index in [1.807, 2.05) is 6.92 Å². The van der Waals surface area contributed by atoms with E-state index in [9.17, 15) is 0 Å². The van der Waals surface area contributed by atoms with Crippen LogP contribution in [0.15, 0.2) is 11.6 Å². The number of piperidine rings is 1. The van der Waals surface area contributed by atoms with Crippen molar-refractivity contribution in [1.82, 2.24) is 5.32 Å². The lowest BCUT2D eigenvalue weighted by Gasteiger charge is -2.14. The molecule has 1 fully saturated rings. The first kappa shape index (κ1) is 8.75. The van der Waals surface area contributed by atoms with Gasteiger partial charge in [-0.05, 0) is 26.3 Å². The summed E-state index contributed by atoms with van der Waals surface area (Å²) < 4.78 is 5.23. The SMILES string of the molecule is CCOC/C=C1\CCCNC1. The molecule has 1 rings (SSSR count). The van der Waals surface area contributed by atoms with Gasteiger partial charge in [0.15, 0.2) is 0 Å². The maximum absolute atomic E-state index is 5.23. The Labute approximate surface area is 68.6 Å². The van der Waals surface area contributed by atoms with Crippen molar-refractivity contribution in [2.45, 2.75) is 19.8 Å². The standard InChI is InChI=1S/C9H17NO/c1-2-11-7-5-9-4-3-6-10-8-9/h5,10H,2-4,6-8H2,1H3/b9-5+. The normalized spacial score (nSPS) is 22.5. The molecule has 0 amide bonds. The van der Waals surface area contributed by atoms with Gasteiger partial charge in [0, 0.05) is 13.2 Å². The molecule has 0 unspecified atom stereocenters. The van der Waals surface area contributed by atoms with Gasteiger partial charge in [0.1, 0.15) is 0 Å². The first-order chi connectivity index (χ1) is 5.43. The Morgan fingerprint density at radius 3 is 3.18 bits per heavy atom. The summed E-state index contributed by atoms with van der Waals surface area (Å²) in [6.45, 7) is 5.86. The molecule has 0 bridgehead atoms. The minimum atomic E-state index is 0.785. The quantitative estimate of drug-likeness (QED) is 0.490. The molecule has 0 aromatic heterocycles. The Kier molecular flexibility index (Phi) is 4.24. The largest absolute Gasteiger partial charge is 0.378 e. The predicted octanol–water partition coefficient (Wildman–Crippen LogP) is 1.33. The number of nitrogens with one attached hydrogen (secondary N) is 1. The highest BCUT2D eigenvalue weighted by atomic mass is 16.5. The summed E-state index contributed by atoms with van der Waals surface area (Å²) in [5, 5.41) is 3.34. The fourth-order valence-electron chi connectivity index (χ4n) is 1.25. The van der Waals surface area contributed by atoms with E-state index in [0.29, 0.717) is 0 Å². The summed E-state index contributed by atoms with van der Waals surface area (Å²) in [4.78, 5) is 0. The molecule has 1 saturated heterocycles. The summed E-state index contributed by atoms with van der Waals surface area (Å²) in [5.41, 5.74) is 1.50. The van der Waals surface area contributed by atoms with Crippen molar-refractivity contribution < 1.29 is 4.74 Å². The monoisotopic (exact) mass is 155 g/mol. The van der Waals surface area contributed by atoms with E-state index >= 15 is 0 Å². The summed E-state index contributed by atoms with van der Waals surface area (Å²) in [6.07, 6.45) is 4.73. The zero-order valence-corrected chi connectivity index (χ0v) is 7.23. The van der Waals surface area contributed by atoms with E-state index < -0.39 is 0 Å². The Morgan fingerprint density at radius 1 is 1.64 bits per heavy atom. The summed E-state index contributed by atoms with van der Waals surface area (Å²) in [5.74, 6) is 0. The van der Waals surface area contributed by atoms with Gasteiger partial charge < -0.3 is 10.1 Å². The van der Waals surface area contributed by atoms with Crippen molar-refractivity contribution in [1.29, 1.82) is 0 Å². The molecule has 0 spiro atoms. The van der Waals surface area contributed by atoms with Crippen LogP contribution in [0.25, 0.3) is 0 Å². The zero-order chi connectivity index (χ0) is 7.94. The minimum Gasteiger partial charge on any atom is -0.378 e. The van der Waals surface area contributed by atoms with Crippen molar-refractivity contribution in [3.8, 4) is 0 Å². The van der Waals surface area contributed by atoms with E-state index in [1.165, 1.54) is 25.0 Å². The number of rotatable bonds is 3. The van der Waals surface area contributed by atoms with Crippen molar-refractivity contribution >= 4 is 0 Å². The van der Waals surface area contributed by atoms with Crippen LogP contribution in [0, 0.1) is 0 Å². The lowest BCUT2D eigenvalue weighted by atomic mass is 10.1. The summed E-state index contributed by atoms with van der Waals surface area (Å²) in [6, 6.07) is 0. The average Bonchev–Trinajstić information content (AvgIpc) is 2.07. The molecule has 0 radical (unpaired) electrons. The third-order valence-electron chi connectivity index (χ3n) is 1.90. The molecule has 1 aliphatic heterocycles. The Morgan fingerprint density at radius 2 is 2.55 bits per heavy atom. The van der Waals surface area contributed by atoms with Gasteiger partial charge in [0.25, 0.3) is 0 Å². The van der Waals surface area contributed by atoms with E-state index in [4.69, 9.17) is 4.74 Å². The van der Waals surface area contributed by atoms with Gasteiger partial charge in [-0.25, -0.2) is 0 Å². The second-order valence-electron chi connectivity index (χ2n) is 2.80. The van der Waals surface area contributed by atoms with Crippen LogP contribution in [0.3, 0.4) is 0 Å². The van der Waals surface area contributed by atoms with Crippen LogP contribution in [-0.4, -0.2) is 26.3 Å². The highest BCUT2D eigenvalue weighted by molar-refractivity contribution is 5.06. The van der Waals surface area contributed by atoms with Crippen molar-refractivity contribution in [3.63, 3.8) is 0 Å². The molecule has 1 N–H and O–H groups in total. The van der Waals surface area contributed by atoms with Crippen LogP contribution in [0.5, 0.6) is 0 Å². The fourth-order valence-corrected chi connectivity index (χ4v) is 1.25. The molecular formula is C9H17NO. The minimum absolute atomic E-state index is 0.785. The Balaban J connectivity index is 2.15. The van der Waals surface area contributed by atoms with Gasteiger partial charge in [0.2, 0.25) is 0 Å². The van der Waals surface area contributed by atoms with Gasteiger partial charge in [0.05, 0.1) is 6.61 Å². The Hall–Kier alpha value is -0.340. The zero-order valence-electron chi connectivity index (χ0n) is 7.23. The van der Waals surface area contributed by atoms with Gasteiger partial charge in [-0.15, -0.1) is 0 Å². The molecule has 0 saturated carbocycles. The van der Waals surface area contributed by atoms with Gasteiger partial charge in [-0.1, -0.05) is 11.6 Å². The van der Waals surface area contributed by atoms with Gasteiger partial charge in [-0.2, -0.15) is 0 Å². The first-order valence-electron chi connectivity index (χ1n) is 4.40. The van der Waals surface area contributed by atoms with Crippen LogP contribution in [-0.2, 0) is 4.74 Å². The van der Waals surface area contributed by atoms with E-state index in [0.717, 1.165) is 19.8 Å². The van der Waals surface area contributed by atoms with Gasteiger partial charge >= 0.3 is 0 Å². The fraction of sp³-hybridized carbons (Fsp3) is 0.778. The number of hydrogen-bond donors (Lipinski definition) is 1. The summed E-state index contributed by atoms with van der Waals surface area (Å²) in [7, 11) is 0. The number of ether oxygens (including phenoxy) is 1. The molecule has 1 aliphatic rings. The predicted molar refractivity (Wildman–Crippen MR) is 46.7 cm³/mol. The van der Waals surface area contributed by atoms with E-state index in [2.05, 4.69) is 11.4 Å². The van der Waals surface area contributed by atoms with Crippen LogP contribution in [0.4, 0.5) is 0 Å². The van der Waals surface area contributed by atoms with Crippen LogP contribution in [0.1, 0.15) is 19.8 Å². The third kappa shape index (κ3) is 3.54. The molecule has 64 valence electrons. The molecule has 11 heavy (non-hydrogen) atoms. The molecule has 1 heterocycles. The lowest BCUT2D eigenvalue weighted by molar-refractivity contribution is 0.176. The van der Waals surface area contributed by atoms with Gasteiger partial charge in [-0.3, -0.25) is 0 Å². The van der Waals surface area contributed by atoms with E-state index in [-0.39, 0.29) is 0 Å². The average molecular weight is 155 g/mol. The topological polar surface area (TPSA) is 21.3 Å². The summed E-state index contributed by atoms with van der Waals surface area (Å²) >= 11 is 0. The van der Waals surface area contributed by atoms with Crippen LogP contribution in [0.2, 0.25) is 0 Å². The van der Waals surface area contributed by atoms with Crippen molar-refractivity contribution in [2.24, 2.45) is 0 Å². The second kappa shape index (κ2) is 5.33. The molecule has 2 nitrogen and oxygen atoms in total. The molecule has 0 aliphatic carbocycles. The van der Waals surface area contributed by atoms with Crippen molar-refractivity contribution in [3.05, 3.63) is 11.6 Å². The molecule has 0 aromatic carbocycles. The second-order valence-corrected chi connectivity index (χ2v) is 2.80. The first-order valence-corrected chi connectivity index (χ1v) is 4.40. The molecule has 2 heteroatoms. The highest BCUT2D eigenvalue weighted by Crippen LogP contribution is 2.07. The lowest BCUT2D eigenvalue weighted by Crippen LogP contribution is -2.24. The number of hydrogen-bond acceptors (Lipinski definition) is 2. The maximum atomic E-state index is 5.23. The highest BCUT2D eigenvalue weighted by Gasteiger charge is 2.02. The third-order valence-corrected chi connectivity index (χ3v) is 1.90. The molecule has 0 atom stereocenters. The van der Waals surface area contributed by atoms with E-state index in [1.54, 1.807) is 0 Å². The molecular weight excluding hydrogens is 138 g/mol. The van der Waals surface area contributed by atoms with Crippen LogP contribution >= 0.6 is 0 Å². The maximum Gasteiger partial charge on any atom is 0.0650 e. The molecule has 0 aromatic rings. The van der Waals surface area contributed by atoms with Crippen LogP contribution < -0.4 is 5.32 Å². The van der Waals surface area contributed by atoms with Crippen molar-refractivity contribution in [2.75, 3.05) is 26.3 Å². The smallest absolute Gasteiger partial charge is 0.0650 e. The Bertz CT molecular complexity index is 124.